The molecule has 0 bridgehead atoms. The van der Waals surface area contributed by atoms with Gasteiger partial charge in [-0.2, -0.15) is 0 Å². The number of aryl methyl sites for hydroxylation is 1. The minimum atomic E-state index is -0.589. The van der Waals surface area contributed by atoms with Crippen molar-refractivity contribution in [3.63, 3.8) is 0 Å². The number of carbonyl (C=O) groups excluding carboxylic acids is 1. The molecule has 2 rings (SSSR count). The summed E-state index contributed by atoms with van der Waals surface area (Å²) < 4.78 is 11.0. The van der Waals surface area contributed by atoms with Crippen molar-refractivity contribution in [1.29, 1.82) is 0 Å². The second-order valence-corrected chi connectivity index (χ2v) is 5.19. The van der Waals surface area contributed by atoms with Crippen LogP contribution in [-0.4, -0.2) is 18.6 Å². The van der Waals surface area contributed by atoms with Crippen LogP contribution in [0.25, 0.3) is 0 Å². The first-order valence-corrected chi connectivity index (χ1v) is 7.46. The van der Waals surface area contributed by atoms with E-state index in [1.54, 1.807) is 37.3 Å². The lowest BCUT2D eigenvalue weighted by Gasteiger charge is -2.15. The molecule has 4 heteroatoms. The number of carbonyl (C=O) groups is 1. The van der Waals surface area contributed by atoms with Crippen LogP contribution < -0.4 is 14.8 Å². The van der Waals surface area contributed by atoms with Crippen molar-refractivity contribution >= 4 is 11.6 Å². The monoisotopic (exact) mass is 311 g/mol. The minimum absolute atomic E-state index is 0.203. The average molecular weight is 311 g/mol. The van der Waals surface area contributed by atoms with Crippen LogP contribution in [0.15, 0.2) is 61.2 Å². The van der Waals surface area contributed by atoms with Crippen LogP contribution >= 0.6 is 0 Å². The molecule has 2 aromatic rings. The summed E-state index contributed by atoms with van der Waals surface area (Å²) in [5.74, 6) is 1.20. The predicted molar refractivity (Wildman–Crippen MR) is 92.0 cm³/mol. The van der Waals surface area contributed by atoms with E-state index in [1.165, 1.54) is 0 Å². The maximum absolute atomic E-state index is 12.2. The van der Waals surface area contributed by atoms with Gasteiger partial charge in [0.1, 0.15) is 18.1 Å². The number of rotatable bonds is 7. The Hall–Kier alpha value is -2.75. The molecule has 2 aromatic carbocycles. The molecule has 0 aliphatic heterocycles. The molecule has 1 atom stereocenters. The number of amides is 1. The highest BCUT2D eigenvalue weighted by atomic mass is 16.5. The summed E-state index contributed by atoms with van der Waals surface area (Å²) in [7, 11) is 0. The highest BCUT2D eigenvalue weighted by Gasteiger charge is 2.14. The molecule has 120 valence electrons. The molecular formula is C19H21NO3. The fraction of sp³-hybridized carbons (Fsp3) is 0.211. The molecule has 0 saturated carbocycles. The second kappa shape index (κ2) is 8.03. The summed E-state index contributed by atoms with van der Waals surface area (Å²) in [6.45, 7) is 7.77. The lowest BCUT2D eigenvalue weighted by Crippen LogP contribution is -2.30. The normalized spacial score (nSPS) is 11.4. The van der Waals surface area contributed by atoms with E-state index in [1.807, 2.05) is 31.2 Å². The SMILES string of the molecule is C=CCOc1ccc(NC(=O)C(C)Oc2ccc(C)cc2)cc1. The number of ether oxygens (including phenoxy) is 2. The molecular weight excluding hydrogens is 290 g/mol. The van der Waals surface area contributed by atoms with Gasteiger partial charge in [0, 0.05) is 5.69 Å². The van der Waals surface area contributed by atoms with Crippen LogP contribution in [0.5, 0.6) is 11.5 Å². The minimum Gasteiger partial charge on any atom is -0.490 e. The molecule has 4 nitrogen and oxygen atoms in total. The summed E-state index contributed by atoms with van der Waals surface area (Å²) >= 11 is 0. The topological polar surface area (TPSA) is 47.6 Å². The van der Waals surface area contributed by atoms with Gasteiger partial charge in [-0.25, -0.2) is 0 Å². The summed E-state index contributed by atoms with van der Waals surface area (Å²) in [5.41, 5.74) is 1.84. The fourth-order valence-corrected chi connectivity index (χ4v) is 1.91. The molecule has 0 radical (unpaired) electrons. The largest absolute Gasteiger partial charge is 0.490 e. The van der Waals surface area contributed by atoms with Gasteiger partial charge in [0.15, 0.2) is 6.10 Å². The predicted octanol–water partition coefficient (Wildman–Crippen LogP) is 3.97. The van der Waals surface area contributed by atoms with Gasteiger partial charge in [0.05, 0.1) is 0 Å². The number of hydrogen-bond acceptors (Lipinski definition) is 3. The molecule has 1 unspecified atom stereocenters. The van der Waals surface area contributed by atoms with Gasteiger partial charge < -0.3 is 14.8 Å². The third kappa shape index (κ3) is 5.18. The van der Waals surface area contributed by atoms with E-state index in [2.05, 4.69) is 11.9 Å². The lowest BCUT2D eigenvalue weighted by molar-refractivity contribution is -0.122. The van der Waals surface area contributed by atoms with Crippen molar-refractivity contribution in [1.82, 2.24) is 0 Å². The van der Waals surface area contributed by atoms with Crippen LogP contribution in [0.1, 0.15) is 12.5 Å². The molecule has 0 aliphatic rings. The highest BCUT2D eigenvalue weighted by Crippen LogP contribution is 2.17. The maximum Gasteiger partial charge on any atom is 0.265 e. The van der Waals surface area contributed by atoms with E-state index in [9.17, 15) is 4.79 Å². The Bertz CT molecular complexity index is 647. The van der Waals surface area contributed by atoms with Crippen LogP contribution in [0, 0.1) is 6.92 Å². The number of anilines is 1. The van der Waals surface area contributed by atoms with Crippen LogP contribution in [0.2, 0.25) is 0 Å². The molecule has 0 fully saturated rings. The van der Waals surface area contributed by atoms with E-state index in [-0.39, 0.29) is 5.91 Å². The molecule has 0 aromatic heterocycles. The Morgan fingerprint density at radius 3 is 2.35 bits per heavy atom. The standard InChI is InChI=1S/C19H21NO3/c1-4-13-22-17-11-7-16(8-12-17)20-19(21)15(3)23-18-9-5-14(2)6-10-18/h4-12,15H,1,13H2,2-3H3,(H,20,21). The first kappa shape index (κ1) is 16.6. The van der Waals surface area contributed by atoms with Crippen molar-refractivity contribution in [3.8, 4) is 11.5 Å². The van der Waals surface area contributed by atoms with Crippen LogP contribution in [0.4, 0.5) is 5.69 Å². The maximum atomic E-state index is 12.2. The molecule has 0 spiro atoms. The van der Waals surface area contributed by atoms with Crippen molar-refractivity contribution in [2.75, 3.05) is 11.9 Å². The second-order valence-electron chi connectivity index (χ2n) is 5.19. The van der Waals surface area contributed by atoms with Gasteiger partial charge in [-0.3, -0.25) is 4.79 Å². The van der Waals surface area contributed by atoms with Gasteiger partial charge in [-0.1, -0.05) is 30.4 Å². The van der Waals surface area contributed by atoms with Crippen LogP contribution in [0.3, 0.4) is 0 Å². The zero-order chi connectivity index (χ0) is 16.7. The smallest absolute Gasteiger partial charge is 0.265 e. The molecule has 1 N–H and O–H groups in total. The average Bonchev–Trinajstić information content (AvgIpc) is 2.56. The Labute approximate surface area is 136 Å². The number of benzene rings is 2. The van der Waals surface area contributed by atoms with E-state index in [4.69, 9.17) is 9.47 Å². The van der Waals surface area contributed by atoms with Gasteiger partial charge in [-0.05, 0) is 50.2 Å². The lowest BCUT2D eigenvalue weighted by atomic mass is 10.2. The third-order valence-electron chi connectivity index (χ3n) is 3.19. The van der Waals surface area contributed by atoms with Gasteiger partial charge in [0.2, 0.25) is 0 Å². The van der Waals surface area contributed by atoms with Crippen molar-refractivity contribution < 1.29 is 14.3 Å². The first-order chi connectivity index (χ1) is 11.1. The molecule has 0 aliphatic carbocycles. The number of nitrogens with one attached hydrogen (secondary N) is 1. The highest BCUT2D eigenvalue weighted by molar-refractivity contribution is 5.94. The Balaban J connectivity index is 1.89. The molecule has 0 heterocycles. The van der Waals surface area contributed by atoms with Gasteiger partial charge in [0.25, 0.3) is 5.91 Å². The van der Waals surface area contributed by atoms with E-state index in [0.29, 0.717) is 18.0 Å². The Kier molecular flexibility index (Phi) is 5.80. The zero-order valence-corrected chi connectivity index (χ0v) is 13.4. The third-order valence-corrected chi connectivity index (χ3v) is 3.19. The van der Waals surface area contributed by atoms with Crippen LogP contribution in [-0.2, 0) is 4.79 Å². The Morgan fingerprint density at radius 1 is 1.13 bits per heavy atom. The summed E-state index contributed by atoms with van der Waals surface area (Å²) in [6.07, 6.45) is 1.09. The zero-order valence-electron chi connectivity index (χ0n) is 13.4. The van der Waals surface area contributed by atoms with Crippen molar-refractivity contribution in [2.45, 2.75) is 20.0 Å². The van der Waals surface area contributed by atoms with Crippen molar-refractivity contribution in [2.24, 2.45) is 0 Å². The first-order valence-electron chi connectivity index (χ1n) is 7.46. The van der Waals surface area contributed by atoms with Gasteiger partial charge >= 0.3 is 0 Å². The van der Waals surface area contributed by atoms with E-state index >= 15 is 0 Å². The Morgan fingerprint density at radius 2 is 1.74 bits per heavy atom. The molecule has 0 saturated heterocycles. The fourth-order valence-electron chi connectivity index (χ4n) is 1.91. The van der Waals surface area contributed by atoms with Gasteiger partial charge in [-0.15, -0.1) is 0 Å². The number of hydrogen-bond donors (Lipinski definition) is 1. The van der Waals surface area contributed by atoms with Crippen molar-refractivity contribution in [3.05, 3.63) is 66.7 Å². The molecule has 1 amide bonds. The summed E-state index contributed by atoms with van der Waals surface area (Å²) in [4.78, 5) is 12.2. The molecule has 23 heavy (non-hydrogen) atoms. The summed E-state index contributed by atoms with van der Waals surface area (Å²) in [5, 5.41) is 2.82. The van der Waals surface area contributed by atoms with E-state index in [0.717, 1.165) is 11.3 Å². The summed E-state index contributed by atoms with van der Waals surface area (Å²) in [6, 6.07) is 14.8. The van der Waals surface area contributed by atoms with E-state index < -0.39 is 6.10 Å². The quantitative estimate of drug-likeness (QED) is 0.787.